The predicted octanol–water partition coefficient (Wildman–Crippen LogP) is 2.94. The topological polar surface area (TPSA) is 43.2 Å². The van der Waals surface area contributed by atoms with Crippen molar-refractivity contribution in [2.24, 2.45) is 10.3 Å². The van der Waals surface area contributed by atoms with Crippen LogP contribution in [-0.4, -0.2) is 35.8 Å². The van der Waals surface area contributed by atoms with Crippen molar-refractivity contribution in [1.29, 1.82) is 0 Å². The van der Waals surface area contributed by atoms with E-state index in [2.05, 4.69) is 26.2 Å². The van der Waals surface area contributed by atoms with Crippen LogP contribution in [0.4, 0.5) is 0 Å². The van der Waals surface area contributed by atoms with E-state index in [1.54, 1.807) is 0 Å². The second kappa shape index (κ2) is 8.82. The summed E-state index contributed by atoms with van der Waals surface area (Å²) in [6.07, 6.45) is 4.27. The van der Waals surface area contributed by atoms with Crippen LogP contribution in [-0.2, 0) is 9.68 Å². The van der Waals surface area contributed by atoms with Gasteiger partial charge in [-0.15, -0.1) is 11.6 Å². The van der Waals surface area contributed by atoms with Gasteiger partial charge in [-0.05, 0) is 25.7 Å². The zero-order valence-electron chi connectivity index (χ0n) is 9.12. The molecule has 4 nitrogen and oxygen atoms in total. The molecule has 0 aromatic rings. The van der Waals surface area contributed by atoms with Gasteiger partial charge in [0, 0.05) is 5.33 Å². The Morgan fingerprint density at radius 2 is 1.62 bits per heavy atom. The predicted molar refractivity (Wildman–Crippen MR) is 69.8 cm³/mol. The van der Waals surface area contributed by atoms with Crippen LogP contribution >= 0.6 is 27.5 Å². The molecule has 0 aromatic heterocycles. The monoisotopic (exact) mass is 310 g/mol. The molecule has 2 aliphatic rings. The second-order valence-electron chi connectivity index (χ2n) is 3.46. The van der Waals surface area contributed by atoms with E-state index in [0.717, 1.165) is 55.7 Å². The average molecular weight is 312 g/mol. The van der Waals surface area contributed by atoms with Gasteiger partial charge in [0.15, 0.2) is 0 Å². The maximum atomic E-state index is 5.47. The Hall–Kier alpha value is -0.290. The van der Waals surface area contributed by atoms with Crippen LogP contribution in [0.25, 0.3) is 0 Å². The lowest BCUT2D eigenvalue weighted by molar-refractivity contribution is 0.131. The van der Waals surface area contributed by atoms with E-state index in [-0.39, 0.29) is 0 Å². The Balaban J connectivity index is 0.000000160. The largest absolute Gasteiger partial charge is 0.396 e. The van der Waals surface area contributed by atoms with Gasteiger partial charge in [0.1, 0.15) is 13.2 Å². The summed E-state index contributed by atoms with van der Waals surface area (Å²) in [6.45, 7) is 1.54. The van der Waals surface area contributed by atoms with E-state index >= 15 is 0 Å². The highest BCUT2D eigenvalue weighted by atomic mass is 79.9. The van der Waals surface area contributed by atoms with Crippen molar-refractivity contribution < 1.29 is 9.68 Å². The number of halogens is 2. The summed E-state index contributed by atoms with van der Waals surface area (Å²) in [7, 11) is 0. The van der Waals surface area contributed by atoms with Crippen molar-refractivity contribution in [2.75, 3.05) is 24.4 Å². The fraction of sp³-hybridized carbons (Fsp3) is 0.800. The van der Waals surface area contributed by atoms with E-state index < -0.39 is 0 Å². The molecule has 0 saturated carbocycles. The van der Waals surface area contributed by atoms with E-state index in [1.807, 2.05) is 0 Å². The first-order valence-corrected chi connectivity index (χ1v) is 6.99. The number of oxime groups is 2. The quantitative estimate of drug-likeness (QED) is 0.736. The van der Waals surface area contributed by atoms with Crippen molar-refractivity contribution in [3.8, 4) is 0 Å². The Morgan fingerprint density at radius 1 is 1.06 bits per heavy atom. The lowest BCUT2D eigenvalue weighted by Gasteiger charge is -2.07. The first-order valence-electron chi connectivity index (χ1n) is 5.34. The fourth-order valence-electron chi connectivity index (χ4n) is 1.23. The molecule has 0 bridgehead atoms. The standard InChI is InChI=1S/C5H8BrNO.C5H8ClNO/c2*6-4-5-2-1-3-8-7-5/h2*1-4H2. The molecular formula is C10H16BrClN2O2. The first-order chi connectivity index (χ1) is 7.86. The minimum atomic E-state index is 0.514. The number of hydrogen-bond acceptors (Lipinski definition) is 4. The maximum Gasteiger partial charge on any atom is 0.117 e. The normalized spacial score (nSPS) is 19.4. The molecule has 0 unspecified atom stereocenters. The molecule has 0 atom stereocenters. The van der Waals surface area contributed by atoms with Gasteiger partial charge in [0.2, 0.25) is 0 Å². The van der Waals surface area contributed by atoms with Gasteiger partial charge < -0.3 is 9.68 Å². The van der Waals surface area contributed by atoms with Crippen molar-refractivity contribution in [3.05, 3.63) is 0 Å². The number of nitrogens with zero attached hydrogens (tertiary/aromatic N) is 2. The molecule has 0 amide bonds. The smallest absolute Gasteiger partial charge is 0.117 e. The summed E-state index contributed by atoms with van der Waals surface area (Å²) < 4.78 is 0. The van der Waals surface area contributed by atoms with Crippen molar-refractivity contribution in [3.63, 3.8) is 0 Å². The molecule has 0 fully saturated rings. The van der Waals surface area contributed by atoms with Gasteiger partial charge in [-0.1, -0.05) is 26.2 Å². The molecule has 2 aliphatic heterocycles. The van der Waals surface area contributed by atoms with Crippen LogP contribution in [0.5, 0.6) is 0 Å². The maximum absolute atomic E-state index is 5.47. The average Bonchev–Trinajstić information content (AvgIpc) is 2.41. The third-order valence-electron chi connectivity index (χ3n) is 2.10. The van der Waals surface area contributed by atoms with Gasteiger partial charge in [-0.25, -0.2) is 0 Å². The molecule has 0 N–H and O–H groups in total. The molecule has 92 valence electrons. The van der Waals surface area contributed by atoms with Gasteiger partial charge in [0.05, 0.1) is 17.3 Å². The summed E-state index contributed by atoms with van der Waals surface area (Å²) in [4.78, 5) is 9.61. The Kier molecular flexibility index (Phi) is 7.59. The Morgan fingerprint density at radius 3 is 1.88 bits per heavy atom. The van der Waals surface area contributed by atoms with Crippen molar-refractivity contribution >= 4 is 39.0 Å². The highest BCUT2D eigenvalue weighted by Crippen LogP contribution is 2.04. The van der Waals surface area contributed by atoms with E-state index in [1.165, 1.54) is 0 Å². The van der Waals surface area contributed by atoms with Gasteiger partial charge in [-0.3, -0.25) is 0 Å². The molecule has 0 saturated heterocycles. The summed E-state index contributed by atoms with van der Waals surface area (Å²) in [5.41, 5.74) is 2.09. The summed E-state index contributed by atoms with van der Waals surface area (Å²) >= 11 is 8.77. The Labute approximate surface area is 109 Å². The molecule has 6 heteroatoms. The molecule has 0 aliphatic carbocycles. The van der Waals surface area contributed by atoms with Crippen molar-refractivity contribution in [1.82, 2.24) is 0 Å². The molecule has 2 rings (SSSR count). The van der Waals surface area contributed by atoms with E-state index in [0.29, 0.717) is 5.88 Å². The SMILES string of the molecule is BrCC1=NOCCC1.ClCC1=NOCCC1. The summed E-state index contributed by atoms with van der Waals surface area (Å²) in [6, 6.07) is 0. The third kappa shape index (κ3) is 5.70. The van der Waals surface area contributed by atoms with Gasteiger partial charge in [0.25, 0.3) is 0 Å². The van der Waals surface area contributed by atoms with Crippen LogP contribution in [0.15, 0.2) is 10.3 Å². The van der Waals surface area contributed by atoms with Crippen LogP contribution in [0, 0.1) is 0 Å². The molecule has 2 heterocycles. The minimum Gasteiger partial charge on any atom is -0.396 e. The van der Waals surface area contributed by atoms with Crippen LogP contribution < -0.4 is 0 Å². The molecule has 16 heavy (non-hydrogen) atoms. The zero-order chi connectivity index (χ0) is 11.6. The molecule has 0 aromatic carbocycles. The zero-order valence-corrected chi connectivity index (χ0v) is 11.5. The van der Waals surface area contributed by atoms with Crippen molar-refractivity contribution in [2.45, 2.75) is 25.7 Å². The van der Waals surface area contributed by atoms with Gasteiger partial charge in [-0.2, -0.15) is 0 Å². The molecule has 0 spiro atoms. The number of alkyl halides is 2. The fourth-order valence-corrected chi connectivity index (χ4v) is 1.79. The van der Waals surface area contributed by atoms with E-state index in [9.17, 15) is 0 Å². The highest BCUT2D eigenvalue weighted by molar-refractivity contribution is 9.09. The molecule has 0 radical (unpaired) electrons. The minimum absolute atomic E-state index is 0.514. The lowest BCUT2D eigenvalue weighted by atomic mass is 10.2. The Bertz CT molecular complexity index is 233. The summed E-state index contributed by atoms with van der Waals surface area (Å²) in [5.74, 6) is 0.514. The number of hydrogen-bond donors (Lipinski definition) is 0. The van der Waals surface area contributed by atoms with Crippen LogP contribution in [0.1, 0.15) is 25.7 Å². The van der Waals surface area contributed by atoms with Gasteiger partial charge >= 0.3 is 0 Å². The number of rotatable bonds is 2. The highest BCUT2D eigenvalue weighted by Gasteiger charge is 2.03. The van der Waals surface area contributed by atoms with E-state index in [4.69, 9.17) is 21.3 Å². The lowest BCUT2D eigenvalue weighted by Crippen LogP contribution is -2.08. The molecular weight excluding hydrogens is 295 g/mol. The second-order valence-corrected chi connectivity index (χ2v) is 4.28. The van der Waals surface area contributed by atoms with Crippen LogP contribution in [0.2, 0.25) is 0 Å². The first kappa shape index (κ1) is 13.8. The third-order valence-corrected chi connectivity index (χ3v) is 3.05. The van der Waals surface area contributed by atoms with Crippen LogP contribution in [0.3, 0.4) is 0 Å². The summed E-state index contributed by atoms with van der Waals surface area (Å²) in [5, 5.41) is 8.40.